The summed E-state index contributed by atoms with van der Waals surface area (Å²) in [5.41, 5.74) is -0.203. The van der Waals surface area contributed by atoms with Crippen LogP contribution in [0, 0.1) is 10.1 Å². The molecule has 12 heteroatoms. The number of halogens is 2. The Morgan fingerprint density at radius 2 is 2.16 bits per heavy atom. The second kappa shape index (κ2) is 9.45. The van der Waals surface area contributed by atoms with Crippen LogP contribution < -0.4 is 10.3 Å². The number of aryl methyl sites for hydroxylation is 1. The summed E-state index contributed by atoms with van der Waals surface area (Å²) in [6.07, 6.45) is 0.300. The molecule has 0 saturated heterocycles. The third-order valence-electron chi connectivity index (χ3n) is 4.40. The van der Waals surface area contributed by atoms with Crippen molar-refractivity contribution < 1.29 is 19.6 Å². The highest BCUT2D eigenvalue weighted by Gasteiger charge is 2.24. The maximum Gasteiger partial charge on any atom is 0.344 e. The minimum absolute atomic E-state index is 0.169. The number of benzene rings is 2. The number of carboxylic acids is 1. The Hall–Kier alpha value is -3.31. The van der Waals surface area contributed by atoms with Crippen molar-refractivity contribution in [3.05, 3.63) is 71.7 Å². The highest BCUT2D eigenvalue weighted by atomic mass is 79.9. The molecule has 10 nitrogen and oxygen atoms in total. The molecule has 0 amide bonds. The Balaban J connectivity index is 2.09. The molecule has 0 fully saturated rings. The molecule has 0 unspecified atom stereocenters. The summed E-state index contributed by atoms with van der Waals surface area (Å²) < 4.78 is 6.97. The van der Waals surface area contributed by atoms with Crippen molar-refractivity contribution in [3.8, 4) is 5.75 Å². The predicted molar refractivity (Wildman–Crippen MR) is 122 cm³/mol. The first-order chi connectivity index (χ1) is 15.1. The van der Waals surface area contributed by atoms with Crippen LogP contribution in [-0.4, -0.2) is 38.0 Å². The minimum Gasteiger partial charge on any atom is -0.479 e. The summed E-state index contributed by atoms with van der Waals surface area (Å²) in [6, 6.07) is 7.57. The van der Waals surface area contributed by atoms with Gasteiger partial charge in [0.05, 0.1) is 27.1 Å². The molecule has 2 aromatic carbocycles. The lowest BCUT2D eigenvalue weighted by atomic mass is 10.2. The average molecular weight is 524 g/mol. The van der Waals surface area contributed by atoms with Crippen molar-refractivity contribution in [1.82, 2.24) is 9.66 Å². The van der Waals surface area contributed by atoms with Crippen molar-refractivity contribution in [2.45, 2.75) is 26.4 Å². The number of aromatic nitrogens is 2. The molecule has 0 spiro atoms. The van der Waals surface area contributed by atoms with E-state index in [1.807, 2.05) is 6.92 Å². The Morgan fingerprint density at radius 3 is 2.78 bits per heavy atom. The van der Waals surface area contributed by atoms with Gasteiger partial charge >= 0.3 is 11.7 Å². The van der Waals surface area contributed by atoms with Gasteiger partial charge in [0.15, 0.2) is 6.10 Å². The summed E-state index contributed by atoms with van der Waals surface area (Å²) in [7, 11) is 0. The average Bonchev–Trinajstić information content (AvgIpc) is 2.74. The van der Waals surface area contributed by atoms with Gasteiger partial charge in [0, 0.05) is 22.5 Å². The lowest BCUT2D eigenvalue weighted by Gasteiger charge is -2.12. The van der Waals surface area contributed by atoms with Gasteiger partial charge in [-0.3, -0.25) is 14.9 Å². The molecule has 1 aromatic heterocycles. The Labute approximate surface area is 194 Å². The van der Waals surface area contributed by atoms with Crippen molar-refractivity contribution in [2.24, 2.45) is 5.10 Å². The number of nitro groups is 1. The number of ether oxygens (including phenoxy) is 1. The largest absolute Gasteiger partial charge is 0.479 e. The van der Waals surface area contributed by atoms with E-state index in [1.165, 1.54) is 19.2 Å². The van der Waals surface area contributed by atoms with Crippen LogP contribution in [0.2, 0.25) is 5.02 Å². The van der Waals surface area contributed by atoms with Gasteiger partial charge in [0.1, 0.15) is 5.82 Å². The van der Waals surface area contributed by atoms with Crippen LogP contribution in [-0.2, 0) is 11.2 Å². The normalized spacial score (nSPS) is 12.2. The number of fused-ring (bicyclic) bond motifs is 1. The molecule has 0 aliphatic heterocycles. The molecule has 3 aromatic rings. The number of hydrogen-bond donors (Lipinski definition) is 1. The fraction of sp³-hybridized carbons (Fsp3) is 0.200. The van der Waals surface area contributed by atoms with Gasteiger partial charge in [-0.25, -0.2) is 9.78 Å². The molecule has 0 aliphatic rings. The lowest BCUT2D eigenvalue weighted by molar-refractivity contribution is -0.386. The van der Waals surface area contributed by atoms with Crippen LogP contribution in [0.4, 0.5) is 5.69 Å². The van der Waals surface area contributed by atoms with E-state index in [1.54, 1.807) is 18.2 Å². The van der Waals surface area contributed by atoms with Gasteiger partial charge < -0.3 is 9.84 Å². The summed E-state index contributed by atoms with van der Waals surface area (Å²) in [5, 5.41) is 24.8. The number of hydrogen-bond acceptors (Lipinski definition) is 7. The van der Waals surface area contributed by atoms with Gasteiger partial charge in [0.25, 0.3) is 5.56 Å². The van der Waals surface area contributed by atoms with Crippen molar-refractivity contribution in [3.63, 3.8) is 0 Å². The zero-order chi connectivity index (χ0) is 23.6. The molecule has 32 heavy (non-hydrogen) atoms. The van der Waals surface area contributed by atoms with E-state index >= 15 is 0 Å². The van der Waals surface area contributed by atoms with Crippen LogP contribution in [0.25, 0.3) is 10.9 Å². The first-order valence-corrected chi connectivity index (χ1v) is 10.4. The highest BCUT2D eigenvalue weighted by molar-refractivity contribution is 9.10. The molecule has 1 heterocycles. The zero-order valence-electron chi connectivity index (χ0n) is 16.8. The van der Waals surface area contributed by atoms with Crippen molar-refractivity contribution in [2.75, 3.05) is 0 Å². The van der Waals surface area contributed by atoms with E-state index in [2.05, 4.69) is 26.0 Å². The number of carbonyl (C=O) groups is 1. The third kappa shape index (κ3) is 4.78. The van der Waals surface area contributed by atoms with E-state index in [0.717, 1.165) is 10.7 Å². The van der Waals surface area contributed by atoms with Crippen LogP contribution >= 0.6 is 27.5 Å². The Morgan fingerprint density at radius 1 is 1.44 bits per heavy atom. The summed E-state index contributed by atoms with van der Waals surface area (Å²) in [5.74, 6) is -1.27. The zero-order valence-corrected chi connectivity index (χ0v) is 19.1. The molecule has 3 rings (SSSR count). The predicted octanol–water partition coefficient (Wildman–Crippen LogP) is 4.02. The van der Waals surface area contributed by atoms with Gasteiger partial charge in [-0.05, 0) is 31.2 Å². The van der Waals surface area contributed by atoms with E-state index in [-0.39, 0.29) is 16.3 Å². The molecule has 0 saturated carbocycles. The third-order valence-corrected chi connectivity index (χ3v) is 5.17. The number of carboxylic acid groups (broad SMARTS) is 1. The maximum absolute atomic E-state index is 12.9. The number of rotatable bonds is 7. The molecule has 0 aliphatic carbocycles. The van der Waals surface area contributed by atoms with E-state index < -0.39 is 28.2 Å². The van der Waals surface area contributed by atoms with Crippen molar-refractivity contribution >= 4 is 56.3 Å². The fourth-order valence-electron chi connectivity index (χ4n) is 2.82. The van der Waals surface area contributed by atoms with E-state index in [4.69, 9.17) is 21.4 Å². The minimum atomic E-state index is -1.35. The highest BCUT2D eigenvalue weighted by Crippen LogP contribution is 2.36. The van der Waals surface area contributed by atoms with Crippen LogP contribution in [0.3, 0.4) is 0 Å². The fourth-order valence-corrected chi connectivity index (χ4v) is 3.45. The van der Waals surface area contributed by atoms with Gasteiger partial charge in [-0.1, -0.05) is 34.5 Å². The molecule has 1 atom stereocenters. The topological polar surface area (TPSA) is 137 Å². The monoisotopic (exact) mass is 522 g/mol. The molecule has 166 valence electrons. The number of nitro benzene ring substituents is 1. The molecular weight excluding hydrogens is 508 g/mol. The standard InChI is InChI=1S/C20H16BrClN4O6/c1-3-17-24-15-5-4-12(21)8-13(15)19(27)25(17)23-9-11-6-14(22)18(16(7-11)26(30)31)32-10(2)20(28)29/h4-10H,3H2,1-2H3,(H,28,29)/t10-/m1/s1. The summed E-state index contributed by atoms with van der Waals surface area (Å²) >= 11 is 9.45. The molecule has 1 N–H and O–H groups in total. The Kier molecular flexibility index (Phi) is 6.90. The lowest BCUT2D eigenvalue weighted by Crippen LogP contribution is -2.23. The van der Waals surface area contributed by atoms with Crippen LogP contribution in [0.1, 0.15) is 25.2 Å². The molecular formula is C20H16BrClN4O6. The quantitative estimate of drug-likeness (QED) is 0.280. The molecule has 0 radical (unpaired) electrons. The number of aliphatic carboxylic acids is 1. The van der Waals surface area contributed by atoms with Crippen LogP contribution in [0.5, 0.6) is 5.75 Å². The molecule has 0 bridgehead atoms. The van der Waals surface area contributed by atoms with Crippen molar-refractivity contribution in [1.29, 1.82) is 0 Å². The van der Waals surface area contributed by atoms with Crippen LogP contribution in [0.15, 0.2) is 44.7 Å². The second-order valence-corrected chi connectivity index (χ2v) is 7.93. The SMILES string of the molecule is CCc1nc2ccc(Br)cc2c(=O)n1N=Cc1cc(Cl)c(O[C@H](C)C(=O)O)c([N+](=O)[O-])c1. The number of nitrogens with zero attached hydrogens (tertiary/aromatic N) is 4. The smallest absolute Gasteiger partial charge is 0.344 e. The van der Waals surface area contributed by atoms with E-state index in [0.29, 0.717) is 27.6 Å². The summed E-state index contributed by atoms with van der Waals surface area (Å²) in [6.45, 7) is 3.04. The second-order valence-electron chi connectivity index (χ2n) is 6.61. The van der Waals surface area contributed by atoms with Gasteiger partial charge in [-0.15, -0.1) is 0 Å². The summed E-state index contributed by atoms with van der Waals surface area (Å²) in [4.78, 5) is 39.2. The first-order valence-electron chi connectivity index (χ1n) is 9.25. The Bertz CT molecular complexity index is 1320. The van der Waals surface area contributed by atoms with E-state index in [9.17, 15) is 19.7 Å². The van der Waals surface area contributed by atoms with Gasteiger partial charge in [-0.2, -0.15) is 9.78 Å². The van der Waals surface area contributed by atoms with Gasteiger partial charge in [0.2, 0.25) is 5.75 Å². The first kappa shape index (κ1) is 23.4. The maximum atomic E-state index is 12.9.